The third-order valence-electron chi connectivity index (χ3n) is 5.47. The molecule has 3 heterocycles. The summed E-state index contributed by atoms with van der Waals surface area (Å²) < 4.78 is 5.42. The molecule has 9 heteroatoms. The van der Waals surface area contributed by atoms with Gasteiger partial charge in [0.1, 0.15) is 5.82 Å². The quantitative estimate of drug-likeness (QED) is 0.789. The van der Waals surface area contributed by atoms with E-state index in [0.29, 0.717) is 67.9 Å². The SMILES string of the molecule is O=C(Nc1cccc(Cl)c1)N1CCCN(C(=O)c2cccnc2N2CCOCC2)CC1. The number of hydrogen-bond donors (Lipinski definition) is 1. The molecule has 0 bridgehead atoms. The van der Waals surface area contributed by atoms with Crippen LogP contribution in [-0.2, 0) is 4.74 Å². The zero-order chi connectivity index (χ0) is 21.6. The summed E-state index contributed by atoms with van der Waals surface area (Å²) in [7, 11) is 0. The third kappa shape index (κ3) is 5.26. The van der Waals surface area contributed by atoms with E-state index in [1.54, 1.807) is 41.4 Å². The lowest BCUT2D eigenvalue weighted by atomic mass is 10.2. The molecule has 1 N–H and O–H groups in total. The number of hydrogen-bond acceptors (Lipinski definition) is 5. The van der Waals surface area contributed by atoms with Gasteiger partial charge in [0.2, 0.25) is 0 Å². The van der Waals surface area contributed by atoms with Gasteiger partial charge in [-0.05, 0) is 36.8 Å². The molecular formula is C22H26ClN5O3. The summed E-state index contributed by atoms with van der Waals surface area (Å²) in [6, 6.07) is 10.5. The van der Waals surface area contributed by atoms with Crippen molar-refractivity contribution in [3.05, 3.63) is 53.2 Å². The van der Waals surface area contributed by atoms with Gasteiger partial charge in [-0.15, -0.1) is 0 Å². The molecule has 3 amide bonds. The van der Waals surface area contributed by atoms with Gasteiger partial charge in [0.15, 0.2) is 0 Å². The van der Waals surface area contributed by atoms with E-state index >= 15 is 0 Å². The number of carbonyl (C=O) groups is 2. The first-order valence-corrected chi connectivity index (χ1v) is 10.9. The van der Waals surface area contributed by atoms with Crippen LogP contribution in [-0.4, -0.2) is 79.2 Å². The van der Waals surface area contributed by atoms with E-state index in [0.717, 1.165) is 13.1 Å². The normalized spacial score (nSPS) is 17.3. The van der Waals surface area contributed by atoms with Crippen LogP contribution in [0.4, 0.5) is 16.3 Å². The van der Waals surface area contributed by atoms with E-state index in [1.807, 2.05) is 11.0 Å². The van der Waals surface area contributed by atoms with Crippen LogP contribution in [0.15, 0.2) is 42.6 Å². The summed E-state index contributed by atoms with van der Waals surface area (Å²) in [4.78, 5) is 36.1. The van der Waals surface area contributed by atoms with Crippen LogP contribution < -0.4 is 10.2 Å². The van der Waals surface area contributed by atoms with Crippen molar-refractivity contribution in [3.63, 3.8) is 0 Å². The van der Waals surface area contributed by atoms with Crippen LogP contribution in [0.5, 0.6) is 0 Å². The maximum absolute atomic E-state index is 13.3. The maximum atomic E-state index is 13.3. The Morgan fingerprint density at radius 2 is 1.74 bits per heavy atom. The Balaban J connectivity index is 1.41. The number of anilines is 2. The molecule has 4 rings (SSSR count). The number of urea groups is 1. The van der Waals surface area contributed by atoms with Gasteiger partial charge < -0.3 is 24.8 Å². The molecule has 0 aliphatic carbocycles. The largest absolute Gasteiger partial charge is 0.378 e. The molecule has 0 saturated carbocycles. The molecule has 1 aromatic carbocycles. The monoisotopic (exact) mass is 443 g/mol. The Hall–Kier alpha value is -2.84. The summed E-state index contributed by atoms with van der Waals surface area (Å²) in [6.07, 6.45) is 2.42. The molecule has 2 aromatic rings. The number of rotatable bonds is 3. The van der Waals surface area contributed by atoms with E-state index in [9.17, 15) is 9.59 Å². The Labute approximate surface area is 186 Å². The number of benzene rings is 1. The molecule has 8 nitrogen and oxygen atoms in total. The number of aromatic nitrogens is 1. The zero-order valence-corrected chi connectivity index (χ0v) is 18.1. The van der Waals surface area contributed by atoms with Crippen molar-refractivity contribution in [2.24, 2.45) is 0 Å². The Morgan fingerprint density at radius 1 is 0.968 bits per heavy atom. The van der Waals surface area contributed by atoms with Crippen LogP contribution in [0.3, 0.4) is 0 Å². The standard InChI is InChI=1S/C22H26ClN5O3/c23-17-4-1-5-18(16-17)25-22(30)28-9-3-8-27(10-11-28)21(29)19-6-2-7-24-20(19)26-12-14-31-15-13-26/h1-2,4-7,16H,3,8-15H2,(H,25,30). The predicted molar refractivity (Wildman–Crippen MR) is 120 cm³/mol. The van der Waals surface area contributed by atoms with Gasteiger partial charge in [-0.3, -0.25) is 4.79 Å². The molecule has 2 fully saturated rings. The molecule has 2 aliphatic heterocycles. The Kier molecular flexibility index (Phi) is 6.89. The van der Waals surface area contributed by atoms with Crippen molar-refractivity contribution in [1.29, 1.82) is 0 Å². The van der Waals surface area contributed by atoms with E-state index in [4.69, 9.17) is 16.3 Å². The van der Waals surface area contributed by atoms with Gasteiger partial charge >= 0.3 is 6.03 Å². The molecule has 2 aliphatic rings. The summed E-state index contributed by atoms with van der Waals surface area (Å²) >= 11 is 6.00. The minimum absolute atomic E-state index is 0.0494. The predicted octanol–water partition coefficient (Wildman–Crippen LogP) is 2.95. The second-order valence-electron chi connectivity index (χ2n) is 7.55. The molecule has 164 valence electrons. The maximum Gasteiger partial charge on any atom is 0.321 e. The van der Waals surface area contributed by atoms with Gasteiger partial charge in [0.25, 0.3) is 5.91 Å². The van der Waals surface area contributed by atoms with Crippen LogP contribution in [0.1, 0.15) is 16.8 Å². The second-order valence-corrected chi connectivity index (χ2v) is 7.98. The van der Waals surface area contributed by atoms with Crippen molar-refractivity contribution >= 4 is 35.0 Å². The third-order valence-corrected chi connectivity index (χ3v) is 5.71. The van der Waals surface area contributed by atoms with Crippen LogP contribution >= 0.6 is 11.6 Å². The Morgan fingerprint density at radius 3 is 2.55 bits per heavy atom. The highest BCUT2D eigenvalue weighted by atomic mass is 35.5. The first-order chi connectivity index (χ1) is 15.1. The van der Waals surface area contributed by atoms with Crippen molar-refractivity contribution in [2.75, 3.05) is 62.7 Å². The first kappa shape index (κ1) is 21.4. The minimum Gasteiger partial charge on any atom is -0.378 e. The van der Waals surface area contributed by atoms with E-state index in [2.05, 4.69) is 15.2 Å². The highest BCUT2D eigenvalue weighted by molar-refractivity contribution is 6.30. The average Bonchev–Trinajstić information content (AvgIpc) is 3.06. The summed E-state index contributed by atoms with van der Waals surface area (Å²) in [5, 5.41) is 3.45. The lowest BCUT2D eigenvalue weighted by Crippen LogP contribution is -2.41. The molecule has 0 spiro atoms. The highest BCUT2D eigenvalue weighted by Crippen LogP contribution is 2.21. The van der Waals surface area contributed by atoms with Crippen LogP contribution in [0.25, 0.3) is 0 Å². The van der Waals surface area contributed by atoms with Crippen molar-refractivity contribution in [1.82, 2.24) is 14.8 Å². The number of amides is 3. The van der Waals surface area contributed by atoms with Crippen molar-refractivity contribution in [3.8, 4) is 0 Å². The number of halogens is 1. The van der Waals surface area contributed by atoms with Crippen LogP contribution in [0.2, 0.25) is 5.02 Å². The molecule has 0 radical (unpaired) electrons. The molecule has 0 atom stereocenters. The second kappa shape index (κ2) is 9.98. The number of pyridine rings is 1. The summed E-state index contributed by atoms with van der Waals surface area (Å²) in [6.45, 7) is 4.81. The van der Waals surface area contributed by atoms with Gasteiger partial charge in [0.05, 0.1) is 18.8 Å². The number of morpholine rings is 1. The average molecular weight is 444 g/mol. The highest BCUT2D eigenvalue weighted by Gasteiger charge is 2.26. The van der Waals surface area contributed by atoms with E-state index < -0.39 is 0 Å². The summed E-state index contributed by atoms with van der Waals surface area (Å²) in [5.74, 6) is 0.655. The van der Waals surface area contributed by atoms with Gasteiger partial charge in [-0.1, -0.05) is 17.7 Å². The number of carbonyl (C=O) groups excluding carboxylic acids is 2. The number of ether oxygens (including phenoxy) is 1. The summed E-state index contributed by atoms with van der Waals surface area (Å²) in [5.41, 5.74) is 1.25. The van der Waals surface area contributed by atoms with Crippen molar-refractivity contribution in [2.45, 2.75) is 6.42 Å². The molecule has 31 heavy (non-hydrogen) atoms. The fourth-order valence-corrected chi connectivity index (χ4v) is 4.04. The molecule has 1 aromatic heterocycles. The van der Waals surface area contributed by atoms with E-state index in [1.165, 1.54) is 0 Å². The van der Waals surface area contributed by atoms with E-state index in [-0.39, 0.29) is 11.9 Å². The van der Waals surface area contributed by atoms with Gasteiger partial charge in [0, 0.05) is 56.2 Å². The lowest BCUT2D eigenvalue weighted by Gasteiger charge is -2.30. The smallest absolute Gasteiger partial charge is 0.321 e. The number of nitrogens with one attached hydrogen (secondary N) is 1. The topological polar surface area (TPSA) is 78.0 Å². The Bertz CT molecular complexity index is 935. The van der Waals surface area contributed by atoms with Gasteiger partial charge in [-0.25, -0.2) is 9.78 Å². The van der Waals surface area contributed by atoms with Crippen molar-refractivity contribution < 1.29 is 14.3 Å². The fourth-order valence-electron chi connectivity index (χ4n) is 3.85. The van der Waals surface area contributed by atoms with Gasteiger partial charge in [-0.2, -0.15) is 0 Å². The fraction of sp³-hybridized carbons (Fsp3) is 0.409. The first-order valence-electron chi connectivity index (χ1n) is 10.5. The number of nitrogens with zero attached hydrogens (tertiary/aromatic N) is 4. The molecule has 0 unspecified atom stereocenters. The minimum atomic E-state index is -0.188. The molecule has 2 saturated heterocycles. The molecular weight excluding hydrogens is 418 g/mol. The lowest BCUT2D eigenvalue weighted by molar-refractivity contribution is 0.0761. The van der Waals surface area contributed by atoms with Crippen LogP contribution in [0, 0.1) is 0 Å². The zero-order valence-electron chi connectivity index (χ0n) is 17.3.